The lowest BCUT2D eigenvalue weighted by atomic mass is 10.1. The maximum Gasteiger partial charge on any atom is 0.411 e. The molecule has 0 aromatic rings. The van der Waals surface area contributed by atoms with E-state index in [1.807, 2.05) is 13.8 Å². The summed E-state index contributed by atoms with van der Waals surface area (Å²) in [5, 5.41) is 0. The van der Waals surface area contributed by atoms with Gasteiger partial charge in [-0.05, 0) is 33.1 Å². The van der Waals surface area contributed by atoms with Gasteiger partial charge in [-0.2, -0.15) is 0 Å². The van der Waals surface area contributed by atoms with Crippen molar-refractivity contribution >= 4 is 6.09 Å². The number of hydrogen-bond acceptors (Lipinski definition) is 3. The standard InChI is InChI=1S/C10H19NO3/c1-9(2)13-8-14-10(12)11-6-4-3-5-7-11/h9H,3-8H2,1-2H3. The Morgan fingerprint density at radius 2 is 1.93 bits per heavy atom. The van der Waals surface area contributed by atoms with Crippen LogP contribution in [0.3, 0.4) is 0 Å². The van der Waals surface area contributed by atoms with Crippen molar-refractivity contribution < 1.29 is 14.3 Å². The Balaban J connectivity index is 2.13. The van der Waals surface area contributed by atoms with Crippen molar-refractivity contribution in [2.24, 2.45) is 0 Å². The molecule has 0 N–H and O–H groups in total. The molecule has 1 aliphatic heterocycles. The number of amides is 1. The van der Waals surface area contributed by atoms with E-state index >= 15 is 0 Å². The van der Waals surface area contributed by atoms with Crippen LogP contribution in [0.1, 0.15) is 33.1 Å². The molecule has 14 heavy (non-hydrogen) atoms. The number of rotatable bonds is 3. The zero-order valence-corrected chi connectivity index (χ0v) is 8.99. The molecule has 1 fully saturated rings. The molecule has 0 aliphatic carbocycles. The van der Waals surface area contributed by atoms with Crippen molar-refractivity contribution in [3.63, 3.8) is 0 Å². The van der Waals surface area contributed by atoms with Gasteiger partial charge in [0.15, 0.2) is 6.79 Å². The monoisotopic (exact) mass is 201 g/mol. The van der Waals surface area contributed by atoms with E-state index in [9.17, 15) is 4.79 Å². The van der Waals surface area contributed by atoms with Gasteiger partial charge in [0.05, 0.1) is 6.10 Å². The summed E-state index contributed by atoms with van der Waals surface area (Å²) in [5.41, 5.74) is 0. The van der Waals surface area contributed by atoms with Crippen LogP contribution in [0.4, 0.5) is 4.79 Å². The first-order chi connectivity index (χ1) is 6.70. The van der Waals surface area contributed by atoms with Crippen LogP contribution in [-0.4, -0.2) is 37.0 Å². The van der Waals surface area contributed by atoms with Crippen LogP contribution in [0, 0.1) is 0 Å². The number of likely N-dealkylation sites (tertiary alicyclic amines) is 1. The molecular formula is C10H19NO3. The van der Waals surface area contributed by atoms with Gasteiger partial charge in [-0.3, -0.25) is 0 Å². The van der Waals surface area contributed by atoms with E-state index in [2.05, 4.69) is 0 Å². The highest BCUT2D eigenvalue weighted by Crippen LogP contribution is 2.09. The first-order valence-electron chi connectivity index (χ1n) is 5.23. The van der Waals surface area contributed by atoms with Gasteiger partial charge in [0.1, 0.15) is 0 Å². The van der Waals surface area contributed by atoms with E-state index in [0.29, 0.717) is 0 Å². The molecule has 1 heterocycles. The average molecular weight is 201 g/mol. The smallest absolute Gasteiger partial charge is 0.411 e. The van der Waals surface area contributed by atoms with Crippen LogP contribution < -0.4 is 0 Å². The Bertz CT molecular complexity index is 176. The van der Waals surface area contributed by atoms with Gasteiger partial charge in [-0.15, -0.1) is 0 Å². The zero-order valence-electron chi connectivity index (χ0n) is 8.99. The quantitative estimate of drug-likeness (QED) is 0.655. The molecule has 4 heteroatoms. The third-order valence-electron chi connectivity index (χ3n) is 2.20. The van der Waals surface area contributed by atoms with Gasteiger partial charge < -0.3 is 14.4 Å². The van der Waals surface area contributed by atoms with E-state index in [4.69, 9.17) is 9.47 Å². The maximum absolute atomic E-state index is 11.4. The summed E-state index contributed by atoms with van der Waals surface area (Å²) in [5.74, 6) is 0. The van der Waals surface area contributed by atoms with Gasteiger partial charge in [0, 0.05) is 13.1 Å². The van der Waals surface area contributed by atoms with E-state index in [1.54, 1.807) is 4.90 Å². The van der Waals surface area contributed by atoms with E-state index in [0.717, 1.165) is 25.9 Å². The number of carbonyl (C=O) groups excluding carboxylic acids is 1. The highest BCUT2D eigenvalue weighted by atomic mass is 16.7. The zero-order chi connectivity index (χ0) is 10.4. The third kappa shape index (κ3) is 3.96. The summed E-state index contributed by atoms with van der Waals surface area (Å²) >= 11 is 0. The lowest BCUT2D eigenvalue weighted by Crippen LogP contribution is -2.36. The van der Waals surface area contributed by atoms with E-state index < -0.39 is 0 Å². The largest absolute Gasteiger partial charge is 0.422 e. The molecule has 0 saturated carbocycles. The minimum Gasteiger partial charge on any atom is -0.422 e. The minimum absolute atomic E-state index is 0.0625. The Labute approximate surface area is 85.2 Å². The average Bonchev–Trinajstić information content (AvgIpc) is 2.18. The maximum atomic E-state index is 11.4. The topological polar surface area (TPSA) is 38.8 Å². The lowest BCUT2D eigenvalue weighted by Gasteiger charge is -2.25. The molecule has 4 nitrogen and oxygen atoms in total. The predicted molar refractivity (Wildman–Crippen MR) is 53.0 cm³/mol. The van der Waals surface area contributed by atoms with Crippen molar-refractivity contribution in [2.75, 3.05) is 19.9 Å². The lowest BCUT2D eigenvalue weighted by molar-refractivity contribution is -0.0540. The first kappa shape index (κ1) is 11.3. The predicted octanol–water partition coefficient (Wildman–Crippen LogP) is 1.99. The van der Waals surface area contributed by atoms with Gasteiger partial charge in [0.25, 0.3) is 0 Å². The van der Waals surface area contributed by atoms with Crippen molar-refractivity contribution in [2.45, 2.75) is 39.2 Å². The van der Waals surface area contributed by atoms with Crippen LogP contribution >= 0.6 is 0 Å². The molecule has 0 radical (unpaired) electrons. The number of piperidine rings is 1. The summed E-state index contributed by atoms with van der Waals surface area (Å²) in [6, 6.07) is 0. The van der Waals surface area contributed by atoms with Crippen molar-refractivity contribution in [1.29, 1.82) is 0 Å². The first-order valence-corrected chi connectivity index (χ1v) is 5.23. The van der Waals surface area contributed by atoms with Crippen molar-refractivity contribution in [3.8, 4) is 0 Å². The summed E-state index contributed by atoms with van der Waals surface area (Å²) in [7, 11) is 0. The van der Waals surface area contributed by atoms with Gasteiger partial charge >= 0.3 is 6.09 Å². The third-order valence-corrected chi connectivity index (χ3v) is 2.20. The number of hydrogen-bond donors (Lipinski definition) is 0. The molecule has 1 saturated heterocycles. The van der Waals surface area contributed by atoms with Gasteiger partial charge in [-0.1, -0.05) is 0 Å². The van der Waals surface area contributed by atoms with Crippen molar-refractivity contribution in [1.82, 2.24) is 4.90 Å². The number of carbonyl (C=O) groups is 1. The normalized spacial score (nSPS) is 17.2. The van der Waals surface area contributed by atoms with Crippen LogP contribution in [-0.2, 0) is 9.47 Å². The summed E-state index contributed by atoms with van der Waals surface area (Å²) < 4.78 is 10.1. The highest BCUT2D eigenvalue weighted by Gasteiger charge is 2.17. The second-order valence-corrected chi connectivity index (χ2v) is 3.79. The highest BCUT2D eigenvalue weighted by molar-refractivity contribution is 5.67. The summed E-state index contributed by atoms with van der Waals surface area (Å²) in [6.45, 7) is 5.53. The Morgan fingerprint density at radius 3 is 2.50 bits per heavy atom. The van der Waals surface area contributed by atoms with Crippen LogP contribution in [0.15, 0.2) is 0 Å². The Kier molecular flexibility index (Phi) is 4.73. The van der Waals surface area contributed by atoms with Crippen LogP contribution in [0.2, 0.25) is 0 Å². The van der Waals surface area contributed by atoms with Gasteiger partial charge in [0.2, 0.25) is 0 Å². The molecule has 1 amide bonds. The molecule has 1 aliphatic rings. The summed E-state index contributed by atoms with van der Waals surface area (Å²) in [4.78, 5) is 13.1. The summed E-state index contributed by atoms with van der Waals surface area (Å²) in [6.07, 6.45) is 3.24. The van der Waals surface area contributed by atoms with Crippen LogP contribution in [0.25, 0.3) is 0 Å². The number of ether oxygens (including phenoxy) is 2. The van der Waals surface area contributed by atoms with E-state index in [1.165, 1.54) is 6.42 Å². The van der Waals surface area contributed by atoms with Gasteiger partial charge in [-0.25, -0.2) is 4.79 Å². The fourth-order valence-electron chi connectivity index (χ4n) is 1.39. The molecule has 0 atom stereocenters. The Hall–Kier alpha value is -0.770. The van der Waals surface area contributed by atoms with E-state index in [-0.39, 0.29) is 19.0 Å². The molecular weight excluding hydrogens is 182 g/mol. The second-order valence-electron chi connectivity index (χ2n) is 3.79. The molecule has 0 aromatic heterocycles. The van der Waals surface area contributed by atoms with Crippen LogP contribution in [0.5, 0.6) is 0 Å². The molecule has 0 aromatic carbocycles. The fraction of sp³-hybridized carbons (Fsp3) is 0.900. The molecule has 1 rings (SSSR count). The SMILES string of the molecule is CC(C)OCOC(=O)N1CCCCC1. The fourth-order valence-corrected chi connectivity index (χ4v) is 1.39. The minimum atomic E-state index is -0.245. The molecule has 0 unspecified atom stereocenters. The molecule has 0 spiro atoms. The molecule has 82 valence electrons. The number of nitrogens with zero attached hydrogens (tertiary/aromatic N) is 1. The Morgan fingerprint density at radius 1 is 1.29 bits per heavy atom. The second kappa shape index (κ2) is 5.86. The molecule has 0 bridgehead atoms. The van der Waals surface area contributed by atoms with Crippen molar-refractivity contribution in [3.05, 3.63) is 0 Å².